The van der Waals surface area contributed by atoms with Crippen LogP contribution >= 0.6 is 38.9 Å². The van der Waals surface area contributed by atoms with Crippen molar-refractivity contribution in [2.45, 2.75) is 11.1 Å². The highest BCUT2D eigenvalue weighted by molar-refractivity contribution is 9.10. The molecule has 0 aliphatic carbocycles. The molecule has 0 radical (unpaired) electrons. The summed E-state index contributed by atoms with van der Waals surface area (Å²) < 4.78 is 27.6. The molecule has 2 heterocycles. The quantitative estimate of drug-likeness (QED) is 0.903. The maximum Gasteiger partial charge on any atom is 0.273 e. The van der Waals surface area contributed by atoms with Crippen molar-refractivity contribution in [3.8, 4) is 0 Å². The van der Waals surface area contributed by atoms with Crippen molar-refractivity contribution < 1.29 is 8.42 Å². The van der Waals surface area contributed by atoms with Crippen LogP contribution in [0.15, 0.2) is 27.1 Å². The second kappa shape index (κ2) is 5.12. The lowest BCUT2D eigenvalue weighted by atomic mass is 10.4. The van der Waals surface area contributed by atoms with Crippen molar-refractivity contribution in [1.29, 1.82) is 0 Å². The average molecular weight is 369 g/mol. The van der Waals surface area contributed by atoms with Gasteiger partial charge in [0.15, 0.2) is 8.68 Å². The summed E-state index contributed by atoms with van der Waals surface area (Å²) >= 11 is 9.84. The van der Waals surface area contributed by atoms with Gasteiger partial charge in [-0.15, -0.1) is 0 Å². The van der Waals surface area contributed by atoms with Gasteiger partial charge in [0.05, 0.1) is 15.9 Å². The first-order valence-corrected chi connectivity index (χ1v) is 8.12. The molecule has 2 aromatic heterocycles. The molecule has 2 aromatic rings. The summed E-state index contributed by atoms with van der Waals surface area (Å²) in [5.41, 5.74) is 0.789. The van der Waals surface area contributed by atoms with Gasteiger partial charge in [-0.1, -0.05) is 22.9 Å². The Balaban J connectivity index is 2.40. The van der Waals surface area contributed by atoms with E-state index in [0.29, 0.717) is 15.9 Å². The Kier molecular flexibility index (Phi) is 3.90. The summed E-state index contributed by atoms with van der Waals surface area (Å²) in [6.45, 7) is 1.60. The molecule has 0 amide bonds. The number of thiazole rings is 1. The fourth-order valence-electron chi connectivity index (χ4n) is 1.25. The Morgan fingerprint density at radius 1 is 1.50 bits per heavy atom. The molecule has 1 N–H and O–H groups in total. The van der Waals surface area contributed by atoms with E-state index in [4.69, 9.17) is 11.6 Å². The molecule has 0 saturated heterocycles. The zero-order valence-electron chi connectivity index (χ0n) is 9.02. The third-order valence-corrected chi connectivity index (χ3v) is 5.86. The van der Waals surface area contributed by atoms with Gasteiger partial charge in [-0.25, -0.2) is 13.4 Å². The summed E-state index contributed by atoms with van der Waals surface area (Å²) in [7, 11) is -3.68. The summed E-state index contributed by atoms with van der Waals surface area (Å²) in [5.74, 6) is 0. The van der Waals surface area contributed by atoms with Gasteiger partial charge in [-0.05, 0) is 28.9 Å². The van der Waals surface area contributed by atoms with Crippen molar-refractivity contribution in [2.24, 2.45) is 0 Å². The Labute approximate surface area is 121 Å². The number of aryl methyl sites for hydroxylation is 1. The van der Waals surface area contributed by atoms with Gasteiger partial charge >= 0.3 is 0 Å². The summed E-state index contributed by atoms with van der Waals surface area (Å²) in [6, 6.07) is 1.56. The lowest BCUT2D eigenvalue weighted by molar-refractivity contribution is 0.602. The monoisotopic (exact) mass is 367 g/mol. The van der Waals surface area contributed by atoms with Crippen LogP contribution in [-0.4, -0.2) is 18.4 Å². The number of sulfonamides is 1. The number of nitrogens with zero attached hydrogens (tertiary/aromatic N) is 2. The van der Waals surface area contributed by atoms with Gasteiger partial charge in [-0.3, -0.25) is 9.71 Å². The smallest absolute Gasteiger partial charge is 0.273 e. The molecular weight excluding hydrogens is 362 g/mol. The van der Waals surface area contributed by atoms with E-state index in [-0.39, 0.29) is 8.68 Å². The predicted octanol–water partition coefficient (Wildman–Crippen LogP) is 3.06. The standard InChI is InChI=1S/C9H7BrClN3O2S2/c1-5-8(17-9(11)13-5)18(15,16)14-7-2-3-12-4-6(7)10/h2-4H,1H3,(H,12,14). The second-order valence-corrected chi connectivity index (χ2v) is 7.61. The minimum atomic E-state index is -3.68. The van der Waals surface area contributed by atoms with Crippen LogP contribution in [0.5, 0.6) is 0 Å². The third-order valence-electron chi connectivity index (χ3n) is 1.99. The molecule has 2 rings (SSSR count). The van der Waals surface area contributed by atoms with Crippen LogP contribution in [0.1, 0.15) is 5.69 Å². The largest absolute Gasteiger partial charge is 0.278 e. The molecule has 9 heteroatoms. The molecule has 0 fully saturated rings. The van der Waals surface area contributed by atoms with Crippen LogP contribution < -0.4 is 4.72 Å². The van der Waals surface area contributed by atoms with E-state index < -0.39 is 10.0 Å². The van der Waals surface area contributed by atoms with Gasteiger partial charge < -0.3 is 0 Å². The zero-order chi connectivity index (χ0) is 13.3. The normalized spacial score (nSPS) is 11.5. The molecule has 0 atom stereocenters. The Morgan fingerprint density at radius 2 is 2.22 bits per heavy atom. The van der Waals surface area contributed by atoms with E-state index in [9.17, 15) is 8.42 Å². The number of hydrogen-bond donors (Lipinski definition) is 1. The number of rotatable bonds is 3. The molecule has 0 bridgehead atoms. The maximum atomic E-state index is 12.1. The van der Waals surface area contributed by atoms with Crippen LogP contribution in [0.2, 0.25) is 4.47 Å². The highest BCUT2D eigenvalue weighted by Crippen LogP contribution is 2.30. The van der Waals surface area contributed by atoms with Gasteiger partial charge in [0, 0.05) is 12.4 Å². The molecule has 0 spiro atoms. The van der Waals surface area contributed by atoms with Gasteiger partial charge in [0.2, 0.25) is 0 Å². The molecule has 0 aromatic carbocycles. The zero-order valence-corrected chi connectivity index (χ0v) is 13.0. The minimum Gasteiger partial charge on any atom is -0.278 e. The molecule has 18 heavy (non-hydrogen) atoms. The Bertz CT molecular complexity index is 687. The summed E-state index contributed by atoms with van der Waals surface area (Å²) in [4.78, 5) is 7.74. The van der Waals surface area contributed by atoms with E-state index in [1.165, 1.54) is 12.4 Å². The molecular formula is C9H7BrClN3O2S2. The van der Waals surface area contributed by atoms with Crippen molar-refractivity contribution in [2.75, 3.05) is 4.72 Å². The summed E-state index contributed by atoms with van der Waals surface area (Å²) in [6.07, 6.45) is 3.00. The number of pyridine rings is 1. The molecule has 0 aliphatic heterocycles. The van der Waals surface area contributed by atoms with E-state index >= 15 is 0 Å². The SMILES string of the molecule is Cc1nc(Cl)sc1S(=O)(=O)Nc1ccncc1Br. The number of nitrogens with one attached hydrogen (secondary N) is 1. The van der Waals surface area contributed by atoms with Crippen molar-refractivity contribution in [1.82, 2.24) is 9.97 Å². The van der Waals surface area contributed by atoms with E-state index in [2.05, 4.69) is 30.6 Å². The highest BCUT2D eigenvalue weighted by Gasteiger charge is 2.22. The lowest BCUT2D eigenvalue weighted by Gasteiger charge is -2.07. The van der Waals surface area contributed by atoms with Gasteiger partial charge in [0.25, 0.3) is 10.0 Å². The average Bonchev–Trinajstić information content (AvgIpc) is 2.62. The Morgan fingerprint density at radius 3 is 2.78 bits per heavy atom. The summed E-state index contributed by atoms with van der Waals surface area (Å²) in [5, 5.41) is 0. The minimum absolute atomic E-state index is 0.108. The van der Waals surface area contributed by atoms with E-state index in [1.54, 1.807) is 13.0 Å². The van der Waals surface area contributed by atoms with Crippen LogP contribution in [0.4, 0.5) is 5.69 Å². The van der Waals surface area contributed by atoms with Gasteiger partial charge in [-0.2, -0.15) is 0 Å². The van der Waals surface area contributed by atoms with Crippen LogP contribution in [0.3, 0.4) is 0 Å². The van der Waals surface area contributed by atoms with Crippen LogP contribution in [0.25, 0.3) is 0 Å². The van der Waals surface area contributed by atoms with E-state index in [1.807, 2.05) is 0 Å². The van der Waals surface area contributed by atoms with Crippen molar-refractivity contribution >= 4 is 54.6 Å². The van der Waals surface area contributed by atoms with Gasteiger partial charge in [0.1, 0.15) is 0 Å². The topological polar surface area (TPSA) is 72.0 Å². The molecule has 96 valence electrons. The molecule has 0 unspecified atom stereocenters. The molecule has 0 aliphatic rings. The first-order chi connectivity index (χ1) is 8.40. The molecule has 5 nitrogen and oxygen atoms in total. The fraction of sp³-hybridized carbons (Fsp3) is 0.111. The maximum absolute atomic E-state index is 12.1. The predicted molar refractivity (Wildman–Crippen MR) is 74.6 cm³/mol. The Hall–Kier alpha value is -0.700. The van der Waals surface area contributed by atoms with Crippen LogP contribution in [0, 0.1) is 6.92 Å². The molecule has 0 saturated carbocycles. The first kappa shape index (κ1) is 13.7. The van der Waals surface area contributed by atoms with Crippen LogP contribution in [-0.2, 0) is 10.0 Å². The highest BCUT2D eigenvalue weighted by atomic mass is 79.9. The fourth-order valence-corrected chi connectivity index (χ4v) is 4.55. The number of hydrogen-bond acceptors (Lipinski definition) is 5. The van der Waals surface area contributed by atoms with Crippen molar-refractivity contribution in [3.05, 3.63) is 33.1 Å². The lowest BCUT2D eigenvalue weighted by Crippen LogP contribution is -2.13. The number of halogens is 2. The van der Waals surface area contributed by atoms with E-state index in [0.717, 1.165) is 11.3 Å². The number of aromatic nitrogens is 2. The van der Waals surface area contributed by atoms with Crippen molar-refractivity contribution in [3.63, 3.8) is 0 Å². The first-order valence-electron chi connectivity index (χ1n) is 4.65. The number of anilines is 1. The third kappa shape index (κ3) is 2.82. The second-order valence-electron chi connectivity index (χ2n) is 3.30.